The van der Waals surface area contributed by atoms with E-state index in [-0.39, 0.29) is 30.0 Å². The lowest BCUT2D eigenvalue weighted by Crippen LogP contribution is -2.34. The number of rotatable bonds is 4. The summed E-state index contributed by atoms with van der Waals surface area (Å²) in [6.45, 7) is 2.14. The average molecular weight is 376 g/mol. The molecule has 2 aliphatic rings. The molecule has 2 aliphatic heterocycles. The minimum atomic E-state index is -3.20. The van der Waals surface area contributed by atoms with E-state index in [1.54, 1.807) is 24.3 Å². The lowest BCUT2D eigenvalue weighted by Gasteiger charge is -2.17. The van der Waals surface area contributed by atoms with Crippen molar-refractivity contribution < 1.29 is 18.3 Å². The number of carbonyl (C=O) groups excluding carboxylic acids is 1. The van der Waals surface area contributed by atoms with Gasteiger partial charge < -0.3 is 15.7 Å². The molecule has 0 saturated carbocycles. The van der Waals surface area contributed by atoms with Crippen molar-refractivity contribution in [2.75, 3.05) is 36.2 Å². The van der Waals surface area contributed by atoms with Gasteiger partial charge in [-0.05, 0) is 30.7 Å². The molecule has 2 heterocycles. The van der Waals surface area contributed by atoms with Gasteiger partial charge in [-0.2, -0.15) is 0 Å². The maximum atomic E-state index is 12.1. The number of hydrogen-bond donors (Lipinski definition) is 3. The Balaban J connectivity index is 0.00000208. The molecule has 0 spiro atoms. The molecule has 0 aliphatic carbocycles. The summed E-state index contributed by atoms with van der Waals surface area (Å²) in [6.07, 6.45) is 0.195. The molecule has 24 heavy (non-hydrogen) atoms. The van der Waals surface area contributed by atoms with Crippen molar-refractivity contribution in [2.45, 2.75) is 12.5 Å². The molecule has 0 radical (unpaired) electrons. The molecular formula is C15H22ClN3O4S. The Bertz CT molecular complexity index is 680. The van der Waals surface area contributed by atoms with E-state index in [0.717, 1.165) is 0 Å². The van der Waals surface area contributed by atoms with Crippen LogP contribution in [0.5, 0.6) is 0 Å². The molecule has 2 unspecified atom stereocenters. The van der Waals surface area contributed by atoms with Gasteiger partial charge >= 0.3 is 0 Å². The van der Waals surface area contributed by atoms with E-state index in [0.29, 0.717) is 43.9 Å². The van der Waals surface area contributed by atoms with Crippen LogP contribution < -0.4 is 14.9 Å². The van der Waals surface area contributed by atoms with E-state index >= 15 is 0 Å². The molecule has 9 heteroatoms. The zero-order valence-electron chi connectivity index (χ0n) is 13.1. The largest absolute Gasteiger partial charge is 0.391 e. The Hall–Kier alpha value is -1.35. The highest BCUT2D eigenvalue weighted by Crippen LogP contribution is 2.24. The smallest absolute Gasteiger partial charge is 0.251 e. The van der Waals surface area contributed by atoms with Crippen LogP contribution in [0.1, 0.15) is 16.8 Å². The van der Waals surface area contributed by atoms with E-state index in [1.807, 2.05) is 0 Å². The van der Waals surface area contributed by atoms with Crippen LogP contribution in [-0.2, 0) is 10.0 Å². The van der Waals surface area contributed by atoms with Gasteiger partial charge in [-0.25, -0.2) is 8.42 Å². The Labute approximate surface area is 147 Å². The van der Waals surface area contributed by atoms with Crippen LogP contribution in [0.3, 0.4) is 0 Å². The Morgan fingerprint density at radius 2 is 2.00 bits per heavy atom. The van der Waals surface area contributed by atoms with E-state index in [1.165, 1.54) is 4.31 Å². The fraction of sp³-hybridized carbons (Fsp3) is 0.533. The zero-order valence-corrected chi connectivity index (χ0v) is 14.8. The first-order valence-corrected chi connectivity index (χ1v) is 9.36. The van der Waals surface area contributed by atoms with E-state index in [2.05, 4.69) is 10.6 Å². The van der Waals surface area contributed by atoms with Crippen molar-refractivity contribution in [3.8, 4) is 0 Å². The highest BCUT2D eigenvalue weighted by molar-refractivity contribution is 7.93. The number of β-amino-alcohol motifs (C(OH)–C–C–N with tert-alkyl or cyclic N) is 1. The van der Waals surface area contributed by atoms with Gasteiger partial charge in [0.25, 0.3) is 5.91 Å². The quantitative estimate of drug-likeness (QED) is 0.685. The molecule has 1 amide bonds. The fourth-order valence-electron chi connectivity index (χ4n) is 2.96. The topological polar surface area (TPSA) is 98.7 Å². The standard InChI is InChI=1S/C15H21N3O4S.ClH/c19-14-10-16-8-12(14)9-17-15(20)11-2-4-13(5-3-11)18-6-1-7-23(18,21)22;/h2-5,12,14,16,19H,1,6-10H2,(H,17,20);1H. The predicted octanol–water partition coefficient (Wildman–Crippen LogP) is -0.0416. The van der Waals surface area contributed by atoms with Crippen LogP contribution in [0.25, 0.3) is 0 Å². The summed E-state index contributed by atoms with van der Waals surface area (Å²) in [4.78, 5) is 12.1. The number of aliphatic hydroxyl groups is 1. The molecule has 2 saturated heterocycles. The number of amides is 1. The SMILES string of the molecule is Cl.O=C(NCC1CNCC1O)c1ccc(N2CCCS2(=O)=O)cc1. The number of aliphatic hydroxyl groups excluding tert-OH is 1. The van der Waals surface area contributed by atoms with Gasteiger partial charge in [0.1, 0.15) is 0 Å². The fourth-order valence-corrected chi connectivity index (χ4v) is 4.53. The number of anilines is 1. The first-order valence-electron chi connectivity index (χ1n) is 7.75. The van der Waals surface area contributed by atoms with Crippen molar-refractivity contribution in [2.24, 2.45) is 5.92 Å². The van der Waals surface area contributed by atoms with Gasteiger partial charge in [-0.15, -0.1) is 12.4 Å². The highest BCUT2D eigenvalue weighted by atomic mass is 35.5. The molecule has 1 aromatic carbocycles. The van der Waals surface area contributed by atoms with Crippen LogP contribution in [0, 0.1) is 5.92 Å². The van der Waals surface area contributed by atoms with Crippen molar-refractivity contribution in [1.29, 1.82) is 0 Å². The summed E-state index contributed by atoms with van der Waals surface area (Å²) in [5, 5.41) is 15.6. The Morgan fingerprint density at radius 1 is 1.29 bits per heavy atom. The van der Waals surface area contributed by atoms with Crippen molar-refractivity contribution >= 4 is 34.0 Å². The second-order valence-electron chi connectivity index (χ2n) is 5.98. The first-order chi connectivity index (χ1) is 11.0. The third kappa shape index (κ3) is 4.00. The van der Waals surface area contributed by atoms with Gasteiger partial charge in [0.05, 0.1) is 17.5 Å². The van der Waals surface area contributed by atoms with Crippen LogP contribution in [0.4, 0.5) is 5.69 Å². The van der Waals surface area contributed by atoms with Crippen LogP contribution in [-0.4, -0.2) is 57.5 Å². The van der Waals surface area contributed by atoms with Crippen LogP contribution >= 0.6 is 12.4 Å². The molecule has 134 valence electrons. The summed E-state index contributed by atoms with van der Waals surface area (Å²) in [6, 6.07) is 6.57. The second kappa shape index (κ2) is 7.69. The predicted molar refractivity (Wildman–Crippen MR) is 94.1 cm³/mol. The van der Waals surface area contributed by atoms with E-state index < -0.39 is 16.1 Å². The molecule has 2 fully saturated rings. The summed E-state index contributed by atoms with van der Waals surface area (Å²) in [5.41, 5.74) is 1.07. The van der Waals surface area contributed by atoms with Crippen LogP contribution in [0.2, 0.25) is 0 Å². The molecule has 1 aromatic rings. The molecule has 0 aromatic heterocycles. The molecule has 3 N–H and O–H groups in total. The normalized spacial score (nSPS) is 25.3. The summed E-state index contributed by atoms with van der Waals surface area (Å²) in [7, 11) is -3.20. The first kappa shape index (κ1) is 19.0. The molecular weight excluding hydrogens is 354 g/mol. The van der Waals surface area contributed by atoms with Gasteiger partial charge in [0.2, 0.25) is 10.0 Å². The number of hydrogen-bond acceptors (Lipinski definition) is 5. The Morgan fingerprint density at radius 3 is 2.54 bits per heavy atom. The number of carbonyl (C=O) groups is 1. The molecule has 0 bridgehead atoms. The second-order valence-corrected chi connectivity index (χ2v) is 8.00. The van der Waals surface area contributed by atoms with E-state index in [4.69, 9.17) is 0 Å². The number of nitrogens with zero attached hydrogens (tertiary/aromatic N) is 1. The lowest BCUT2D eigenvalue weighted by atomic mass is 10.1. The van der Waals surface area contributed by atoms with Gasteiger partial charge in [0, 0.05) is 37.7 Å². The zero-order chi connectivity index (χ0) is 16.4. The third-order valence-electron chi connectivity index (χ3n) is 4.35. The highest BCUT2D eigenvalue weighted by Gasteiger charge is 2.28. The maximum absolute atomic E-state index is 12.1. The minimum Gasteiger partial charge on any atom is -0.391 e. The summed E-state index contributed by atoms with van der Waals surface area (Å²) in [5.74, 6) is -0.0274. The van der Waals surface area contributed by atoms with Gasteiger partial charge in [-0.1, -0.05) is 0 Å². The summed E-state index contributed by atoms with van der Waals surface area (Å²) >= 11 is 0. The minimum absolute atomic E-state index is 0. The number of halogens is 1. The Kier molecular flexibility index (Phi) is 6.08. The van der Waals surface area contributed by atoms with E-state index in [9.17, 15) is 18.3 Å². The number of nitrogens with one attached hydrogen (secondary N) is 2. The maximum Gasteiger partial charge on any atom is 0.251 e. The van der Waals surface area contributed by atoms with Gasteiger partial charge in [0.15, 0.2) is 0 Å². The average Bonchev–Trinajstić information content (AvgIpc) is 3.10. The lowest BCUT2D eigenvalue weighted by molar-refractivity contribution is 0.0927. The number of sulfonamides is 1. The monoisotopic (exact) mass is 375 g/mol. The van der Waals surface area contributed by atoms with Crippen molar-refractivity contribution in [3.05, 3.63) is 29.8 Å². The third-order valence-corrected chi connectivity index (χ3v) is 6.22. The van der Waals surface area contributed by atoms with Crippen molar-refractivity contribution in [1.82, 2.24) is 10.6 Å². The number of benzene rings is 1. The molecule has 3 rings (SSSR count). The molecule has 2 atom stereocenters. The molecule has 7 nitrogen and oxygen atoms in total. The van der Waals surface area contributed by atoms with Crippen LogP contribution in [0.15, 0.2) is 24.3 Å². The van der Waals surface area contributed by atoms with Gasteiger partial charge in [-0.3, -0.25) is 9.10 Å². The van der Waals surface area contributed by atoms with Crippen molar-refractivity contribution in [3.63, 3.8) is 0 Å². The summed E-state index contributed by atoms with van der Waals surface area (Å²) < 4.78 is 25.1.